The normalized spacial score (nSPS) is 13.5. The number of fused-ring (bicyclic) bond motifs is 1. The molecule has 6 heteroatoms. The van der Waals surface area contributed by atoms with Crippen molar-refractivity contribution in [3.63, 3.8) is 0 Å². The summed E-state index contributed by atoms with van der Waals surface area (Å²) in [4.78, 5) is 12.3. The number of ketones is 1. The summed E-state index contributed by atoms with van der Waals surface area (Å²) in [5.74, 6) is 1.14. The predicted octanol–water partition coefficient (Wildman–Crippen LogP) is 3.22. The number of hydrogen-bond donors (Lipinski definition) is 0. The molecule has 2 heterocycles. The molecule has 0 unspecified atom stereocenters. The molecule has 0 fully saturated rings. The highest BCUT2D eigenvalue weighted by atomic mass is 35.5. The van der Waals surface area contributed by atoms with Crippen molar-refractivity contribution in [1.29, 1.82) is 0 Å². The third kappa shape index (κ3) is 2.85. The lowest BCUT2D eigenvalue weighted by atomic mass is 10.1. The lowest BCUT2D eigenvalue weighted by molar-refractivity contribution is 0.104. The topological polar surface area (TPSA) is 53.4 Å². The summed E-state index contributed by atoms with van der Waals surface area (Å²) >= 11 is 6.07. The van der Waals surface area contributed by atoms with Crippen LogP contribution in [-0.2, 0) is 6.54 Å². The molecule has 0 amide bonds. The molecule has 1 aromatic heterocycles. The Morgan fingerprint density at radius 1 is 1.36 bits per heavy atom. The van der Waals surface area contributed by atoms with Gasteiger partial charge in [-0.25, -0.2) is 0 Å². The number of allylic oxidation sites excluding steroid dienone is 1. The minimum absolute atomic E-state index is 0.128. The molecule has 0 radical (unpaired) electrons. The van der Waals surface area contributed by atoms with E-state index in [-0.39, 0.29) is 5.78 Å². The number of carbonyl (C=O) groups is 1. The van der Waals surface area contributed by atoms with E-state index in [4.69, 9.17) is 21.1 Å². The molecular formula is C16H15ClN2O3. The predicted molar refractivity (Wildman–Crippen MR) is 83.7 cm³/mol. The zero-order valence-electron chi connectivity index (χ0n) is 12.1. The standard InChI is InChI=1S/C16H15ClN2O3/c1-2-19-13(12(17)10-18-19)4-5-14(20)11-3-6-15-16(9-11)22-8-7-21-15/h3-6,9-10H,2,7-8H2,1H3/b5-4+. The van der Waals surface area contributed by atoms with Gasteiger partial charge in [0.25, 0.3) is 0 Å². The van der Waals surface area contributed by atoms with E-state index in [2.05, 4.69) is 5.10 Å². The molecule has 0 atom stereocenters. The van der Waals surface area contributed by atoms with E-state index in [0.29, 0.717) is 41.8 Å². The van der Waals surface area contributed by atoms with Gasteiger partial charge in [-0.1, -0.05) is 11.6 Å². The van der Waals surface area contributed by atoms with Crippen LogP contribution in [0, 0.1) is 0 Å². The summed E-state index contributed by atoms with van der Waals surface area (Å²) in [6, 6.07) is 5.16. The van der Waals surface area contributed by atoms with Gasteiger partial charge in [0.1, 0.15) is 13.2 Å². The maximum atomic E-state index is 12.3. The molecule has 2 aromatic rings. The van der Waals surface area contributed by atoms with Gasteiger partial charge >= 0.3 is 0 Å². The maximum Gasteiger partial charge on any atom is 0.186 e. The summed E-state index contributed by atoms with van der Waals surface area (Å²) in [5.41, 5.74) is 1.26. The lowest BCUT2D eigenvalue weighted by Crippen LogP contribution is -2.15. The van der Waals surface area contributed by atoms with Crippen LogP contribution in [0.25, 0.3) is 6.08 Å². The van der Waals surface area contributed by atoms with Crippen molar-refractivity contribution in [2.75, 3.05) is 13.2 Å². The van der Waals surface area contributed by atoms with Gasteiger partial charge in [-0.05, 0) is 37.3 Å². The molecule has 1 aromatic carbocycles. The summed E-state index contributed by atoms with van der Waals surface area (Å²) in [6.45, 7) is 3.67. The van der Waals surface area contributed by atoms with Crippen molar-refractivity contribution < 1.29 is 14.3 Å². The van der Waals surface area contributed by atoms with Crippen molar-refractivity contribution in [2.45, 2.75) is 13.5 Å². The highest BCUT2D eigenvalue weighted by molar-refractivity contribution is 6.31. The van der Waals surface area contributed by atoms with E-state index in [1.807, 2.05) is 6.92 Å². The maximum absolute atomic E-state index is 12.3. The molecule has 0 aliphatic carbocycles. The van der Waals surface area contributed by atoms with Gasteiger partial charge in [0.2, 0.25) is 0 Å². The second-order valence-electron chi connectivity index (χ2n) is 4.75. The van der Waals surface area contributed by atoms with Crippen LogP contribution in [0.3, 0.4) is 0 Å². The Morgan fingerprint density at radius 3 is 2.91 bits per heavy atom. The number of ether oxygens (including phenoxy) is 2. The molecule has 0 spiro atoms. The Kier molecular flexibility index (Phi) is 4.15. The van der Waals surface area contributed by atoms with Crippen LogP contribution in [0.4, 0.5) is 0 Å². The van der Waals surface area contributed by atoms with E-state index >= 15 is 0 Å². The van der Waals surface area contributed by atoms with Gasteiger partial charge in [-0.2, -0.15) is 5.10 Å². The fraction of sp³-hybridized carbons (Fsp3) is 0.250. The smallest absolute Gasteiger partial charge is 0.186 e. The van der Waals surface area contributed by atoms with E-state index in [9.17, 15) is 4.79 Å². The monoisotopic (exact) mass is 318 g/mol. The Balaban J connectivity index is 1.82. The minimum Gasteiger partial charge on any atom is -0.486 e. The molecule has 0 bridgehead atoms. The van der Waals surface area contributed by atoms with Gasteiger partial charge in [0, 0.05) is 12.1 Å². The van der Waals surface area contributed by atoms with Crippen LogP contribution in [0.5, 0.6) is 11.5 Å². The van der Waals surface area contributed by atoms with Gasteiger partial charge < -0.3 is 9.47 Å². The zero-order valence-corrected chi connectivity index (χ0v) is 12.8. The van der Waals surface area contributed by atoms with Crippen LogP contribution in [0.2, 0.25) is 5.02 Å². The van der Waals surface area contributed by atoms with Crippen molar-refractivity contribution in [1.82, 2.24) is 9.78 Å². The second kappa shape index (κ2) is 6.23. The summed E-state index contributed by atoms with van der Waals surface area (Å²) < 4.78 is 12.7. The average molecular weight is 319 g/mol. The Labute approximate surface area is 133 Å². The van der Waals surface area contributed by atoms with Crippen LogP contribution >= 0.6 is 11.6 Å². The third-order valence-electron chi connectivity index (χ3n) is 3.35. The van der Waals surface area contributed by atoms with Gasteiger partial charge in [-0.15, -0.1) is 0 Å². The molecule has 0 N–H and O–H groups in total. The number of carbonyl (C=O) groups excluding carboxylic acids is 1. The molecule has 1 aliphatic rings. The van der Waals surface area contributed by atoms with Crippen LogP contribution < -0.4 is 9.47 Å². The van der Waals surface area contributed by atoms with E-state index in [1.165, 1.54) is 6.08 Å². The summed E-state index contributed by atoms with van der Waals surface area (Å²) in [7, 11) is 0. The number of aryl methyl sites for hydroxylation is 1. The number of nitrogens with zero attached hydrogens (tertiary/aromatic N) is 2. The molecule has 0 saturated carbocycles. The molecule has 22 heavy (non-hydrogen) atoms. The number of benzene rings is 1. The summed E-state index contributed by atoms with van der Waals surface area (Å²) in [6.07, 6.45) is 4.73. The number of hydrogen-bond acceptors (Lipinski definition) is 4. The van der Waals surface area contributed by atoms with E-state index in [1.54, 1.807) is 35.2 Å². The van der Waals surface area contributed by atoms with Crippen molar-refractivity contribution >= 4 is 23.5 Å². The highest BCUT2D eigenvalue weighted by Crippen LogP contribution is 2.31. The molecule has 3 rings (SSSR count). The number of rotatable bonds is 4. The molecule has 0 saturated heterocycles. The SMILES string of the molecule is CCn1ncc(Cl)c1/C=C/C(=O)c1ccc2c(c1)OCCO2. The first-order chi connectivity index (χ1) is 10.7. The Morgan fingerprint density at radius 2 is 2.14 bits per heavy atom. The first kappa shape index (κ1) is 14.7. The van der Waals surface area contributed by atoms with Crippen molar-refractivity contribution in [3.8, 4) is 11.5 Å². The van der Waals surface area contributed by atoms with Crippen molar-refractivity contribution in [3.05, 3.63) is 46.8 Å². The van der Waals surface area contributed by atoms with E-state index in [0.717, 1.165) is 5.69 Å². The molecule has 1 aliphatic heterocycles. The molecular weight excluding hydrogens is 304 g/mol. The quantitative estimate of drug-likeness (QED) is 0.641. The summed E-state index contributed by atoms with van der Waals surface area (Å²) in [5, 5.41) is 4.65. The van der Waals surface area contributed by atoms with Crippen molar-refractivity contribution in [2.24, 2.45) is 0 Å². The molecule has 114 valence electrons. The Bertz CT molecular complexity index is 737. The lowest BCUT2D eigenvalue weighted by Gasteiger charge is -2.18. The first-order valence-corrected chi connectivity index (χ1v) is 7.40. The van der Waals surface area contributed by atoms with Gasteiger partial charge in [0.15, 0.2) is 17.3 Å². The fourth-order valence-electron chi connectivity index (χ4n) is 2.24. The molecule has 5 nitrogen and oxygen atoms in total. The largest absolute Gasteiger partial charge is 0.486 e. The van der Waals surface area contributed by atoms with Crippen LogP contribution in [0.1, 0.15) is 23.0 Å². The second-order valence-corrected chi connectivity index (χ2v) is 5.16. The average Bonchev–Trinajstić information content (AvgIpc) is 2.92. The van der Waals surface area contributed by atoms with Gasteiger partial charge in [0.05, 0.1) is 16.9 Å². The van der Waals surface area contributed by atoms with Crippen LogP contribution in [0.15, 0.2) is 30.5 Å². The number of halogens is 1. The highest BCUT2D eigenvalue weighted by Gasteiger charge is 2.14. The van der Waals surface area contributed by atoms with E-state index < -0.39 is 0 Å². The first-order valence-electron chi connectivity index (χ1n) is 7.02. The third-order valence-corrected chi connectivity index (χ3v) is 3.64. The number of aromatic nitrogens is 2. The van der Waals surface area contributed by atoms with Gasteiger partial charge in [-0.3, -0.25) is 9.48 Å². The Hall–Kier alpha value is -2.27. The minimum atomic E-state index is -0.128. The fourth-order valence-corrected chi connectivity index (χ4v) is 2.44. The van der Waals surface area contributed by atoms with Crippen LogP contribution in [-0.4, -0.2) is 28.8 Å². The zero-order chi connectivity index (χ0) is 15.5.